The van der Waals surface area contributed by atoms with Gasteiger partial charge in [-0.3, -0.25) is 0 Å². The second kappa shape index (κ2) is 7.90. The van der Waals surface area contributed by atoms with Crippen molar-refractivity contribution in [3.05, 3.63) is 35.4 Å². The van der Waals surface area contributed by atoms with E-state index in [2.05, 4.69) is 28.3 Å². The number of esters is 1. The molecule has 0 amide bonds. The Morgan fingerprint density at radius 2 is 1.78 bits per heavy atom. The maximum absolute atomic E-state index is 11.8. The number of hydrogen-bond donors (Lipinski definition) is 2. The van der Waals surface area contributed by atoms with Gasteiger partial charge in [0.2, 0.25) is 0 Å². The zero-order chi connectivity index (χ0) is 13.5. The number of carbonyl (C=O) groups is 2. The molecule has 0 heterocycles. The highest BCUT2D eigenvalue weighted by atomic mass is 127. The van der Waals surface area contributed by atoms with Crippen LogP contribution in [-0.2, 0) is 7.80 Å². The van der Waals surface area contributed by atoms with Gasteiger partial charge in [-0.15, -0.1) is 0 Å². The van der Waals surface area contributed by atoms with Crippen LogP contribution in [0, 0.1) is 0 Å². The van der Waals surface area contributed by atoms with E-state index in [-0.39, 0.29) is 23.0 Å². The fourth-order valence-corrected chi connectivity index (χ4v) is 1.60. The number of carbonyl (C=O) groups excluding carboxylic acids is 2. The molecule has 0 radical (unpaired) electrons. The summed E-state index contributed by atoms with van der Waals surface area (Å²) < 4.78 is 9.61. The molecular formula is C11H11IO4S2. The van der Waals surface area contributed by atoms with Crippen molar-refractivity contribution in [2.24, 2.45) is 0 Å². The first-order chi connectivity index (χ1) is 8.60. The molecule has 0 aromatic heterocycles. The predicted molar refractivity (Wildman–Crippen MR) is 82.8 cm³/mol. The van der Waals surface area contributed by atoms with Gasteiger partial charge in [-0.25, -0.2) is 9.59 Å². The van der Waals surface area contributed by atoms with Gasteiger partial charge in [-0.1, -0.05) is 12.1 Å². The average molecular weight is 398 g/mol. The van der Waals surface area contributed by atoms with Crippen LogP contribution in [-0.4, -0.2) is 29.5 Å². The Labute approximate surface area is 130 Å². The highest BCUT2D eigenvalue weighted by Gasteiger charge is 2.19. The number of thiol groups is 2. The van der Waals surface area contributed by atoms with E-state index >= 15 is 0 Å². The second-order valence-electron chi connectivity index (χ2n) is 3.35. The Morgan fingerprint density at radius 1 is 1.22 bits per heavy atom. The maximum atomic E-state index is 11.8. The molecule has 0 N–H and O–H groups in total. The van der Waals surface area contributed by atoms with Crippen LogP contribution in [0.4, 0.5) is 0 Å². The summed E-state index contributed by atoms with van der Waals surface area (Å²) in [4.78, 5) is 23.3. The molecule has 0 saturated carbocycles. The third-order valence-corrected chi connectivity index (χ3v) is 3.51. The summed E-state index contributed by atoms with van der Waals surface area (Å²) in [5.41, 5.74) is 0.359. The van der Waals surface area contributed by atoms with Crippen molar-refractivity contribution in [2.45, 2.75) is 5.25 Å². The van der Waals surface area contributed by atoms with Gasteiger partial charge in [0.1, 0.15) is 6.61 Å². The van der Waals surface area contributed by atoms with Gasteiger partial charge in [0.25, 0.3) is 0 Å². The lowest BCUT2D eigenvalue weighted by molar-refractivity contribution is 0.0505. The fraction of sp³-hybridized carbons (Fsp3) is 0.273. The molecule has 18 heavy (non-hydrogen) atoms. The molecule has 1 unspecified atom stereocenters. The zero-order valence-electron chi connectivity index (χ0n) is 9.21. The molecule has 0 bridgehead atoms. The van der Waals surface area contributed by atoms with Gasteiger partial charge in [-0.05, 0) is 12.1 Å². The standard InChI is InChI=1S/C11H11IO4S2/c12-16-11(14)9-4-2-1-3-8(9)10(13)15-5-7(18)6-17/h1-4,7,17-18H,5-6H2. The number of hydrogen-bond acceptors (Lipinski definition) is 6. The Kier molecular flexibility index (Phi) is 6.87. The minimum Gasteiger partial charge on any atom is -0.461 e. The van der Waals surface area contributed by atoms with Crippen LogP contribution in [0.1, 0.15) is 20.7 Å². The van der Waals surface area contributed by atoms with Crippen LogP contribution in [0.3, 0.4) is 0 Å². The van der Waals surface area contributed by atoms with Crippen molar-refractivity contribution >= 4 is 60.2 Å². The van der Waals surface area contributed by atoms with Crippen molar-refractivity contribution in [1.82, 2.24) is 0 Å². The van der Waals surface area contributed by atoms with Crippen LogP contribution >= 0.6 is 48.3 Å². The lowest BCUT2D eigenvalue weighted by atomic mass is 10.1. The number of ether oxygens (including phenoxy) is 1. The van der Waals surface area contributed by atoms with Crippen molar-refractivity contribution in [2.75, 3.05) is 12.4 Å². The third kappa shape index (κ3) is 4.36. The predicted octanol–water partition coefficient (Wildman–Crippen LogP) is 2.58. The first-order valence-corrected chi connectivity index (χ1v) is 7.01. The largest absolute Gasteiger partial charge is 0.461 e. The normalized spacial score (nSPS) is 11.7. The SMILES string of the molecule is O=C(OI)c1ccccc1C(=O)OCC(S)CS. The Bertz CT molecular complexity index is 439. The quantitative estimate of drug-likeness (QED) is 0.455. The second-order valence-corrected chi connectivity index (χ2v) is 4.88. The Hall–Kier alpha value is -0.410. The summed E-state index contributed by atoms with van der Waals surface area (Å²) in [7, 11) is 0. The van der Waals surface area contributed by atoms with Gasteiger partial charge in [0.05, 0.1) is 11.1 Å². The zero-order valence-corrected chi connectivity index (χ0v) is 13.2. The van der Waals surface area contributed by atoms with Gasteiger partial charge >= 0.3 is 11.9 Å². The molecule has 98 valence electrons. The molecular weight excluding hydrogens is 387 g/mol. The molecule has 1 rings (SSSR count). The lowest BCUT2D eigenvalue weighted by Gasteiger charge is -2.10. The summed E-state index contributed by atoms with van der Waals surface area (Å²) in [6.45, 7) is 0.138. The van der Waals surface area contributed by atoms with E-state index in [9.17, 15) is 9.59 Å². The van der Waals surface area contributed by atoms with Gasteiger partial charge in [0, 0.05) is 11.0 Å². The van der Waals surface area contributed by atoms with Crippen LogP contribution in [0.15, 0.2) is 24.3 Å². The Morgan fingerprint density at radius 3 is 2.28 bits per heavy atom. The molecule has 0 fully saturated rings. The molecule has 0 saturated heterocycles. The van der Waals surface area contributed by atoms with E-state index in [4.69, 9.17) is 4.74 Å². The van der Waals surface area contributed by atoms with E-state index in [0.29, 0.717) is 5.75 Å². The van der Waals surface area contributed by atoms with Crippen LogP contribution in [0.25, 0.3) is 0 Å². The molecule has 0 aliphatic rings. The van der Waals surface area contributed by atoms with E-state index in [1.807, 2.05) is 0 Å². The van der Waals surface area contributed by atoms with Crippen LogP contribution < -0.4 is 0 Å². The molecule has 0 aliphatic carbocycles. The van der Waals surface area contributed by atoms with Crippen molar-refractivity contribution in [3.8, 4) is 0 Å². The minimum absolute atomic E-state index is 0.138. The van der Waals surface area contributed by atoms with Gasteiger partial charge in [-0.2, -0.15) is 25.3 Å². The topological polar surface area (TPSA) is 52.6 Å². The number of halogens is 1. The van der Waals surface area contributed by atoms with Crippen molar-refractivity contribution < 1.29 is 17.4 Å². The maximum Gasteiger partial charge on any atom is 0.348 e. The molecule has 0 aliphatic heterocycles. The number of benzene rings is 1. The smallest absolute Gasteiger partial charge is 0.348 e. The lowest BCUT2D eigenvalue weighted by Crippen LogP contribution is -2.17. The summed E-state index contributed by atoms with van der Waals surface area (Å²) in [5.74, 6) is -0.665. The first kappa shape index (κ1) is 15.6. The average Bonchev–Trinajstić information content (AvgIpc) is 2.43. The summed E-state index contributed by atoms with van der Waals surface area (Å²) in [5, 5.41) is -0.138. The van der Waals surface area contributed by atoms with Crippen molar-refractivity contribution in [3.63, 3.8) is 0 Å². The van der Waals surface area contributed by atoms with Crippen LogP contribution in [0.5, 0.6) is 0 Å². The minimum atomic E-state index is -0.584. The fourth-order valence-electron chi connectivity index (χ4n) is 1.18. The summed E-state index contributed by atoms with van der Waals surface area (Å²) in [6, 6.07) is 6.32. The third-order valence-electron chi connectivity index (χ3n) is 2.05. The molecule has 7 heteroatoms. The monoisotopic (exact) mass is 398 g/mol. The van der Waals surface area contributed by atoms with Crippen LogP contribution in [0.2, 0.25) is 0 Å². The summed E-state index contributed by atoms with van der Waals surface area (Å²) in [6.07, 6.45) is 0. The number of rotatable bonds is 5. The van der Waals surface area contributed by atoms with E-state index < -0.39 is 11.9 Å². The van der Waals surface area contributed by atoms with E-state index in [1.54, 1.807) is 12.1 Å². The first-order valence-electron chi connectivity index (χ1n) is 4.98. The molecule has 1 atom stereocenters. The highest BCUT2D eigenvalue weighted by molar-refractivity contribution is 14.1. The van der Waals surface area contributed by atoms with Crippen molar-refractivity contribution in [1.29, 1.82) is 0 Å². The molecule has 0 spiro atoms. The molecule has 1 aromatic rings. The highest BCUT2D eigenvalue weighted by Crippen LogP contribution is 2.13. The molecule has 4 nitrogen and oxygen atoms in total. The summed E-state index contributed by atoms with van der Waals surface area (Å²) >= 11 is 9.66. The Balaban J connectivity index is 2.82. The van der Waals surface area contributed by atoms with E-state index in [0.717, 1.165) is 0 Å². The molecule has 1 aromatic carbocycles. The van der Waals surface area contributed by atoms with Gasteiger partial charge in [0.15, 0.2) is 23.0 Å². The van der Waals surface area contributed by atoms with Gasteiger partial charge < -0.3 is 7.80 Å². The van der Waals surface area contributed by atoms with E-state index in [1.165, 1.54) is 35.1 Å².